The Morgan fingerprint density at radius 1 is 1.31 bits per heavy atom. The zero-order valence-corrected chi connectivity index (χ0v) is 16.9. The van der Waals surface area contributed by atoms with E-state index in [4.69, 9.17) is 11.6 Å². The molecular formula is C18H19ClN4O5S. The molecule has 2 aromatic rings. The zero-order valence-electron chi connectivity index (χ0n) is 15.3. The van der Waals surface area contributed by atoms with Crippen LogP contribution in [0, 0.1) is 16.0 Å². The van der Waals surface area contributed by atoms with E-state index in [9.17, 15) is 23.3 Å². The minimum atomic E-state index is -3.59. The lowest BCUT2D eigenvalue weighted by atomic mass is 9.98. The first-order chi connectivity index (χ1) is 13.8. The predicted octanol–water partition coefficient (Wildman–Crippen LogP) is 2.47. The van der Waals surface area contributed by atoms with E-state index < -0.39 is 20.9 Å². The van der Waals surface area contributed by atoms with Gasteiger partial charge < -0.3 is 5.32 Å². The summed E-state index contributed by atoms with van der Waals surface area (Å²) in [6.07, 6.45) is 3.96. The molecule has 0 radical (unpaired) electrons. The van der Waals surface area contributed by atoms with E-state index >= 15 is 0 Å². The van der Waals surface area contributed by atoms with Crippen molar-refractivity contribution >= 4 is 33.2 Å². The Morgan fingerprint density at radius 3 is 2.66 bits per heavy atom. The molecule has 29 heavy (non-hydrogen) atoms. The van der Waals surface area contributed by atoms with Crippen LogP contribution in [-0.4, -0.2) is 48.2 Å². The van der Waals surface area contributed by atoms with Crippen molar-refractivity contribution in [1.29, 1.82) is 0 Å². The monoisotopic (exact) mass is 438 g/mol. The Hall–Kier alpha value is -2.56. The van der Waals surface area contributed by atoms with Crippen LogP contribution in [0.15, 0.2) is 47.6 Å². The molecular weight excluding hydrogens is 420 g/mol. The lowest BCUT2D eigenvalue weighted by molar-refractivity contribution is -0.385. The number of halogens is 1. The number of carbonyl (C=O) groups is 1. The molecule has 1 fully saturated rings. The van der Waals surface area contributed by atoms with Gasteiger partial charge in [0.2, 0.25) is 10.0 Å². The average molecular weight is 439 g/mol. The Bertz CT molecular complexity index is 1010. The summed E-state index contributed by atoms with van der Waals surface area (Å²) < 4.78 is 26.6. The standard InChI is InChI=1S/C18H19ClN4O5S/c19-14-3-4-17(23(25)26)16(10-14)18(24)21-11-13-5-8-22(9-6-13)29(27,28)15-2-1-7-20-12-15/h1-4,7,10,12-13H,5-6,8-9,11H2,(H,21,24). The molecule has 0 spiro atoms. The fraction of sp³-hybridized carbons (Fsp3) is 0.333. The number of hydrogen-bond acceptors (Lipinski definition) is 6. The summed E-state index contributed by atoms with van der Waals surface area (Å²) in [6, 6.07) is 6.89. The van der Waals surface area contributed by atoms with Crippen LogP contribution in [0.1, 0.15) is 23.2 Å². The summed E-state index contributed by atoms with van der Waals surface area (Å²) in [6.45, 7) is 0.952. The number of aromatic nitrogens is 1. The van der Waals surface area contributed by atoms with E-state index in [2.05, 4.69) is 10.3 Å². The maximum absolute atomic E-state index is 12.6. The number of sulfonamides is 1. The minimum Gasteiger partial charge on any atom is -0.352 e. The average Bonchev–Trinajstić information content (AvgIpc) is 2.72. The van der Waals surface area contributed by atoms with Gasteiger partial charge in [0, 0.05) is 43.1 Å². The third-order valence-electron chi connectivity index (χ3n) is 4.80. The van der Waals surface area contributed by atoms with Gasteiger partial charge in [-0.1, -0.05) is 11.6 Å². The van der Waals surface area contributed by atoms with Crippen LogP contribution >= 0.6 is 11.6 Å². The number of piperidine rings is 1. The van der Waals surface area contributed by atoms with E-state index in [1.807, 2.05) is 0 Å². The lowest BCUT2D eigenvalue weighted by Crippen LogP contribution is -2.41. The Kier molecular flexibility index (Phi) is 6.46. The number of benzene rings is 1. The first kappa shape index (κ1) is 21.2. The van der Waals surface area contributed by atoms with Crippen LogP contribution in [-0.2, 0) is 10.0 Å². The molecule has 0 bridgehead atoms. The molecule has 2 heterocycles. The van der Waals surface area contributed by atoms with Gasteiger partial charge in [-0.05, 0) is 43.0 Å². The number of pyridine rings is 1. The number of nitro groups is 1. The molecule has 0 aliphatic carbocycles. The number of carbonyl (C=O) groups excluding carboxylic acids is 1. The van der Waals surface area contributed by atoms with Crippen LogP contribution in [0.2, 0.25) is 5.02 Å². The molecule has 0 saturated carbocycles. The van der Waals surface area contributed by atoms with Crippen molar-refractivity contribution in [1.82, 2.24) is 14.6 Å². The highest BCUT2D eigenvalue weighted by Gasteiger charge is 2.30. The van der Waals surface area contributed by atoms with Gasteiger partial charge in [-0.3, -0.25) is 19.9 Å². The molecule has 1 aromatic carbocycles. The van der Waals surface area contributed by atoms with Crippen LogP contribution < -0.4 is 5.32 Å². The molecule has 1 saturated heterocycles. The van der Waals surface area contributed by atoms with E-state index in [-0.39, 0.29) is 27.1 Å². The van der Waals surface area contributed by atoms with Crippen LogP contribution in [0.3, 0.4) is 0 Å². The van der Waals surface area contributed by atoms with Crippen molar-refractivity contribution in [2.24, 2.45) is 5.92 Å². The van der Waals surface area contributed by atoms with E-state index in [1.165, 1.54) is 41.0 Å². The summed E-state index contributed by atoms with van der Waals surface area (Å²) >= 11 is 5.85. The van der Waals surface area contributed by atoms with Gasteiger partial charge in [0.25, 0.3) is 11.6 Å². The number of nitrogens with zero attached hydrogens (tertiary/aromatic N) is 3. The third-order valence-corrected chi connectivity index (χ3v) is 6.91. The molecule has 1 aliphatic heterocycles. The van der Waals surface area contributed by atoms with Gasteiger partial charge in [0.05, 0.1) is 4.92 Å². The summed E-state index contributed by atoms with van der Waals surface area (Å²) in [5.74, 6) is -0.512. The first-order valence-corrected chi connectivity index (χ1v) is 10.7. The normalized spacial score (nSPS) is 15.8. The molecule has 0 atom stereocenters. The van der Waals surface area contributed by atoms with Crippen molar-refractivity contribution in [3.8, 4) is 0 Å². The number of nitrogens with one attached hydrogen (secondary N) is 1. The number of rotatable bonds is 6. The van der Waals surface area contributed by atoms with Crippen molar-refractivity contribution in [3.05, 3.63) is 63.4 Å². The highest BCUT2D eigenvalue weighted by atomic mass is 35.5. The molecule has 3 rings (SSSR count). The van der Waals surface area contributed by atoms with Gasteiger partial charge in [0.1, 0.15) is 10.5 Å². The van der Waals surface area contributed by atoms with Gasteiger partial charge in [0.15, 0.2) is 0 Å². The smallest absolute Gasteiger partial charge is 0.282 e. The second-order valence-corrected chi connectivity index (χ2v) is 9.04. The topological polar surface area (TPSA) is 123 Å². The van der Waals surface area contributed by atoms with Gasteiger partial charge in [-0.2, -0.15) is 4.31 Å². The molecule has 9 nitrogen and oxygen atoms in total. The Balaban J connectivity index is 1.58. The largest absolute Gasteiger partial charge is 0.352 e. The molecule has 1 N–H and O–H groups in total. The van der Waals surface area contributed by atoms with Gasteiger partial charge >= 0.3 is 0 Å². The molecule has 0 unspecified atom stereocenters. The summed E-state index contributed by atoms with van der Waals surface area (Å²) in [5.41, 5.74) is -0.414. The van der Waals surface area contributed by atoms with Crippen LogP contribution in [0.4, 0.5) is 5.69 Å². The molecule has 154 valence electrons. The predicted molar refractivity (Wildman–Crippen MR) is 106 cm³/mol. The summed E-state index contributed by atoms with van der Waals surface area (Å²) in [7, 11) is -3.59. The highest BCUT2D eigenvalue weighted by molar-refractivity contribution is 7.89. The van der Waals surface area contributed by atoms with E-state index in [0.717, 1.165) is 0 Å². The van der Waals surface area contributed by atoms with Crippen molar-refractivity contribution < 1.29 is 18.1 Å². The second-order valence-electron chi connectivity index (χ2n) is 6.66. The number of hydrogen-bond donors (Lipinski definition) is 1. The quantitative estimate of drug-likeness (QED) is 0.546. The molecule has 1 amide bonds. The van der Waals surface area contributed by atoms with Crippen molar-refractivity contribution in [2.45, 2.75) is 17.7 Å². The fourth-order valence-corrected chi connectivity index (χ4v) is 4.79. The fourth-order valence-electron chi connectivity index (χ4n) is 3.18. The maximum Gasteiger partial charge on any atom is 0.282 e. The number of nitro benzene ring substituents is 1. The Labute approximate surface area is 172 Å². The Morgan fingerprint density at radius 2 is 2.03 bits per heavy atom. The first-order valence-electron chi connectivity index (χ1n) is 8.91. The van der Waals surface area contributed by atoms with E-state index in [1.54, 1.807) is 6.07 Å². The van der Waals surface area contributed by atoms with Crippen LogP contribution in [0.25, 0.3) is 0 Å². The summed E-state index contributed by atoms with van der Waals surface area (Å²) in [4.78, 5) is 26.9. The van der Waals surface area contributed by atoms with Crippen molar-refractivity contribution in [2.75, 3.05) is 19.6 Å². The second kappa shape index (κ2) is 8.85. The van der Waals surface area contributed by atoms with Gasteiger partial charge in [-0.25, -0.2) is 8.42 Å². The molecule has 11 heteroatoms. The van der Waals surface area contributed by atoms with Crippen LogP contribution in [0.5, 0.6) is 0 Å². The highest BCUT2D eigenvalue weighted by Crippen LogP contribution is 2.25. The maximum atomic E-state index is 12.6. The zero-order chi connectivity index (χ0) is 21.0. The molecule has 1 aromatic heterocycles. The minimum absolute atomic E-state index is 0.0672. The molecule has 1 aliphatic rings. The van der Waals surface area contributed by atoms with Crippen molar-refractivity contribution in [3.63, 3.8) is 0 Å². The number of amides is 1. The SMILES string of the molecule is O=C(NCC1CCN(S(=O)(=O)c2cccnc2)CC1)c1cc(Cl)ccc1[N+](=O)[O-]. The summed E-state index contributed by atoms with van der Waals surface area (Å²) in [5, 5.41) is 14.0. The van der Waals surface area contributed by atoms with Gasteiger partial charge in [-0.15, -0.1) is 0 Å². The van der Waals surface area contributed by atoms with E-state index in [0.29, 0.717) is 32.5 Å². The lowest BCUT2D eigenvalue weighted by Gasteiger charge is -2.31. The third kappa shape index (κ3) is 4.89.